The van der Waals surface area contributed by atoms with Crippen molar-refractivity contribution in [1.29, 1.82) is 0 Å². The van der Waals surface area contributed by atoms with Crippen molar-refractivity contribution in [1.82, 2.24) is 0 Å². The van der Waals surface area contributed by atoms with Crippen molar-refractivity contribution >= 4 is 0 Å². The average Bonchev–Trinajstić information content (AvgIpc) is 2.91. The lowest BCUT2D eigenvalue weighted by Crippen LogP contribution is -2.22. The Morgan fingerprint density at radius 2 is 1.88 bits per heavy atom. The molecule has 2 aliphatic carbocycles. The molecule has 2 aliphatic rings. The van der Waals surface area contributed by atoms with Crippen LogP contribution in [0.1, 0.15) is 24.8 Å². The summed E-state index contributed by atoms with van der Waals surface area (Å²) in [7, 11) is 0. The Balaban J connectivity index is 1.67. The highest BCUT2D eigenvalue weighted by Gasteiger charge is 2.47. The summed E-state index contributed by atoms with van der Waals surface area (Å²) < 4.78 is 26.4. The van der Waals surface area contributed by atoms with Gasteiger partial charge >= 0.3 is 0 Å². The summed E-state index contributed by atoms with van der Waals surface area (Å²) in [6.45, 7) is 0. The zero-order valence-electron chi connectivity index (χ0n) is 9.57. The van der Waals surface area contributed by atoms with Crippen molar-refractivity contribution in [3.63, 3.8) is 0 Å². The van der Waals surface area contributed by atoms with Crippen LogP contribution in [-0.4, -0.2) is 11.2 Å². The third kappa shape index (κ3) is 2.21. The Morgan fingerprint density at radius 1 is 1.18 bits per heavy atom. The summed E-state index contributed by atoms with van der Waals surface area (Å²) in [6.07, 6.45) is 3.12. The Kier molecular flexibility index (Phi) is 2.66. The molecule has 17 heavy (non-hydrogen) atoms. The van der Waals surface area contributed by atoms with Gasteiger partial charge in [-0.05, 0) is 60.8 Å². The summed E-state index contributed by atoms with van der Waals surface area (Å²) in [5.41, 5.74) is 0.290. The smallest absolute Gasteiger partial charge is 0.126 e. The van der Waals surface area contributed by atoms with E-state index in [1.54, 1.807) is 0 Å². The van der Waals surface area contributed by atoms with Gasteiger partial charge in [-0.25, -0.2) is 8.78 Å². The largest absolute Gasteiger partial charge is 0.392 e. The van der Waals surface area contributed by atoms with Gasteiger partial charge < -0.3 is 5.11 Å². The average molecular weight is 238 g/mol. The first-order valence-electron chi connectivity index (χ1n) is 6.25. The first-order chi connectivity index (χ1) is 8.13. The molecule has 1 aromatic rings. The van der Waals surface area contributed by atoms with Gasteiger partial charge in [-0.2, -0.15) is 0 Å². The van der Waals surface area contributed by atoms with Crippen LogP contribution in [0.4, 0.5) is 8.78 Å². The van der Waals surface area contributed by atoms with E-state index in [0.717, 1.165) is 36.8 Å². The monoisotopic (exact) mass is 238 g/mol. The van der Waals surface area contributed by atoms with E-state index in [1.807, 2.05) is 0 Å². The zero-order chi connectivity index (χ0) is 12.0. The summed E-state index contributed by atoms with van der Waals surface area (Å²) in [6, 6.07) is 3.42. The van der Waals surface area contributed by atoms with Crippen molar-refractivity contribution in [3.05, 3.63) is 35.4 Å². The third-order valence-corrected chi connectivity index (χ3v) is 4.26. The first kappa shape index (κ1) is 11.1. The van der Waals surface area contributed by atoms with Gasteiger partial charge in [0.2, 0.25) is 0 Å². The third-order valence-electron chi connectivity index (χ3n) is 4.26. The fraction of sp³-hybridized carbons (Fsp3) is 0.571. The number of halogens is 2. The molecule has 3 rings (SSSR count). The number of aliphatic hydroxyl groups is 1. The zero-order valence-corrected chi connectivity index (χ0v) is 9.57. The van der Waals surface area contributed by atoms with Crippen LogP contribution < -0.4 is 0 Å². The second-order valence-electron chi connectivity index (χ2n) is 5.49. The van der Waals surface area contributed by atoms with Crippen molar-refractivity contribution in [2.24, 2.45) is 17.8 Å². The molecular weight excluding hydrogens is 222 g/mol. The highest BCUT2D eigenvalue weighted by atomic mass is 19.1. The van der Waals surface area contributed by atoms with Crippen LogP contribution in [0.25, 0.3) is 0 Å². The van der Waals surface area contributed by atoms with Crippen LogP contribution in [-0.2, 0) is 6.42 Å². The van der Waals surface area contributed by atoms with E-state index in [4.69, 9.17) is 0 Å². The molecular formula is C14H16F2O. The fourth-order valence-electron chi connectivity index (χ4n) is 3.17. The normalized spacial score (nSPS) is 32.3. The summed E-state index contributed by atoms with van der Waals surface area (Å²) >= 11 is 0. The predicted octanol–water partition coefficient (Wildman–Crippen LogP) is 2.91. The minimum atomic E-state index is -0.529. The molecule has 0 saturated heterocycles. The van der Waals surface area contributed by atoms with E-state index in [9.17, 15) is 13.9 Å². The molecule has 0 aromatic heterocycles. The molecule has 3 unspecified atom stereocenters. The van der Waals surface area contributed by atoms with E-state index >= 15 is 0 Å². The number of aliphatic hydroxyl groups excluding tert-OH is 1. The van der Waals surface area contributed by atoms with Crippen LogP contribution >= 0.6 is 0 Å². The minimum Gasteiger partial charge on any atom is -0.392 e. The highest BCUT2D eigenvalue weighted by molar-refractivity contribution is 5.20. The Bertz CT molecular complexity index is 422. The van der Waals surface area contributed by atoms with Crippen LogP contribution in [0.15, 0.2) is 18.2 Å². The van der Waals surface area contributed by atoms with Gasteiger partial charge in [0, 0.05) is 6.42 Å². The summed E-state index contributed by atoms with van der Waals surface area (Å²) in [5.74, 6) is 1.01. The molecule has 0 heterocycles. The van der Waals surface area contributed by atoms with E-state index in [-0.39, 0.29) is 17.9 Å². The molecule has 0 aliphatic heterocycles. The van der Waals surface area contributed by atoms with Crippen LogP contribution in [0, 0.1) is 29.4 Å². The standard InChI is InChI=1S/C14H16F2O/c15-12-1-2-13(16)10(6-12)7-14(17)11-4-8-3-9(8)5-11/h1-2,6,8-9,11,14,17H,3-5,7H2. The molecule has 1 nitrogen and oxygen atoms in total. The van der Waals surface area contributed by atoms with E-state index < -0.39 is 17.7 Å². The second kappa shape index (κ2) is 4.05. The molecule has 0 spiro atoms. The SMILES string of the molecule is OC(Cc1cc(F)ccc1F)C1CC2CC2C1. The number of hydrogen-bond donors (Lipinski definition) is 1. The van der Waals surface area contributed by atoms with Crippen LogP contribution in [0.5, 0.6) is 0 Å². The number of hydrogen-bond acceptors (Lipinski definition) is 1. The van der Waals surface area contributed by atoms with Gasteiger partial charge in [-0.15, -0.1) is 0 Å². The topological polar surface area (TPSA) is 20.2 Å². The highest BCUT2D eigenvalue weighted by Crippen LogP contribution is 2.55. The molecule has 3 heteroatoms. The molecule has 92 valence electrons. The lowest BCUT2D eigenvalue weighted by Gasteiger charge is -2.19. The molecule has 0 radical (unpaired) electrons. The quantitative estimate of drug-likeness (QED) is 0.858. The van der Waals surface area contributed by atoms with Gasteiger partial charge in [0.15, 0.2) is 0 Å². The molecule has 2 fully saturated rings. The Hall–Kier alpha value is -0.960. The fourth-order valence-corrected chi connectivity index (χ4v) is 3.17. The van der Waals surface area contributed by atoms with Crippen molar-refractivity contribution in [3.8, 4) is 0 Å². The van der Waals surface area contributed by atoms with Gasteiger partial charge in [0.1, 0.15) is 11.6 Å². The molecule has 1 aromatic carbocycles. The molecule has 2 saturated carbocycles. The maximum absolute atomic E-state index is 13.4. The van der Waals surface area contributed by atoms with Crippen LogP contribution in [0.3, 0.4) is 0 Å². The van der Waals surface area contributed by atoms with E-state index in [0.29, 0.717) is 0 Å². The number of fused-ring (bicyclic) bond motifs is 1. The van der Waals surface area contributed by atoms with Gasteiger partial charge in [0.25, 0.3) is 0 Å². The van der Waals surface area contributed by atoms with Crippen molar-refractivity contribution in [2.45, 2.75) is 31.8 Å². The molecule has 3 atom stereocenters. The number of benzene rings is 1. The predicted molar refractivity (Wildman–Crippen MR) is 60.4 cm³/mol. The van der Waals surface area contributed by atoms with E-state index in [1.165, 1.54) is 12.5 Å². The maximum Gasteiger partial charge on any atom is 0.126 e. The lowest BCUT2D eigenvalue weighted by molar-refractivity contribution is 0.103. The van der Waals surface area contributed by atoms with Gasteiger partial charge in [0.05, 0.1) is 6.10 Å². The van der Waals surface area contributed by atoms with Crippen LogP contribution in [0.2, 0.25) is 0 Å². The summed E-state index contributed by atoms with van der Waals surface area (Å²) in [4.78, 5) is 0. The Morgan fingerprint density at radius 3 is 2.59 bits per heavy atom. The summed E-state index contributed by atoms with van der Waals surface area (Å²) in [5, 5.41) is 10.1. The van der Waals surface area contributed by atoms with Gasteiger partial charge in [-0.1, -0.05) is 0 Å². The van der Waals surface area contributed by atoms with E-state index in [2.05, 4.69) is 0 Å². The molecule has 0 bridgehead atoms. The second-order valence-corrected chi connectivity index (χ2v) is 5.49. The molecule has 1 N–H and O–H groups in total. The van der Waals surface area contributed by atoms with Crippen molar-refractivity contribution in [2.75, 3.05) is 0 Å². The lowest BCUT2D eigenvalue weighted by atomic mass is 9.92. The van der Waals surface area contributed by atoms with Crippen molar-refractivity contribution < 1.29 is 13.9 Å². The molecule has 0 amide bonds. The Labute approximate surface area is 99.5 Å². The first-order valence-corrected chi connectivity index (χ1v) is 6.25. The van der Waals surface area contributed by atoms with Gasteiger partial charge in [-0.3, -0.25) is 0 Å². The minimum absolute atomic E-state index is 0.230. The maximum atomic E-state index is 13.4. The number of rotatable bonds is 3.